The molecule has 0 spiro atoms. The molecule has 0 saturated carbocycles. The van der Waals surface area contributed by atoms with E-state index in [1.54, 1.807) is 14.2 Å². The normalized spacial score (nSPS) is 10.7. The summed E-state index contributed by atoms with van der Waals surface area (Å²) in [6.07, 6.45) is 0. The zero-order valence-electron chi connectivity index (χ0n) is 6.39. The van der Waals surface area contributed by atoms with E-state index in [1.165, 1.54) is 0 Å². The van der Waals surface area contributed by atoms with Crippen molar-refractivity contribution in [2.75, 3.05) is 34.2 Å². The molecule has 0 rings (SSSR count). The van der Waals surface area contributed by atoms with Gasteiger partial charge in [-0.25, -0.2) is 0 Å². The Morgan fingerprint density at radius 2 is 1.56 bits per heavy atom. The molecule has 3 nitrogen and oxygen atoms in total. The fraction of sp³-hybridized carbons (Fsp3) is 1.00. The summed E-state index contributed by atoms with van der Waals surface area (Å²) < 4.78 is 9.79. The van der Waals surface area contributed by atoms with Crippen LogP contribution in [0.4, 0.5) is 0 Å². The molecule has 0 saturated heterocycles. The van der Waals surface area contributed by atoms with Crippen LogP contribution in [0.2, 0.25) is 0 Å². The highest BCUT2D eigenvalue weighted by Crippen LogP contribution is 1.85. The van der Waals surface area contributed by atoms with Crippen molar-refractivity contribution in [3.8, 4) is 0 Å². The Morgan fingerprint density at radius 1 is 1.11 bits per heavy atom. The molecule has 0 fully saturated rings. The number of hydrogen-bond donors (Lipinski definition) is 0. The van der Waals surface area contributed by atoms with Gasteiger partial charge in [0.25, 0.3) is 0 Å². The van der Waals surface area contributed by atoms with E-state index < -0.39 is 0 Å². The van der Waals surface area contributed by atoms with Crippen molar-refractivity contribution >= 4 is 0 Å². The summed E-state index contributed by atoms with van der Waals surface area (Å²) in [4.78, 5) is 2.04. The molecule has 0 aliphatic heterocycles. The van der Waals surface area contributed by atoms with Gasteiger partial charge in [0, 0.05) is 14.2 Å². The summed E-state index contributed by atoms with van der Waals surface area (Å²) >= 11 is 0. The third-order valence-corrected chi connectivity index (χ3v) is 1.07. The predicted molar refractivity (Wildman–Crippen MR) is 36.1 cm³/mol. The van der Waals surface area contributed by atoms with Gasteiger partial charge < -0.3 is 9.47 Å². The number of ether oxygens (including phenoxy) is 2. The van der Waals surface area contributed by atoms with Crippen molar-refractivity contribution in [3.63, 3.8) is 0 Å². The number of hydrogen-bond acceptors (Lipinski definition) is 3. The van der Waals surface area contributed by atoms with E-state index in [9.17, 15) is 0 Å². The van der Waals surface area contributed by atoms with Gasteiger partial charge in [-0.1, -0.05) is 6.92 Å². The van der Waals surface area contributed by atoms with E-state index >= 15 is 0 Å². The summed E-state index contributed by atoms with van der Waals surface area (Å²) in [7, 11) is 3.36. The first-order valence-electron chi connectivity index (χ1n) is 3.05. The minimum atomic E-state index is 0.643. The van der Waals surface area contributed by atoms with Gasteiger partial charge in [-0.2, -0.15) is 0 Å². The van der Waals surface area contributed by atoms with Crippen LogP contribution in [0.5, 0.6) is 0 Å². The van der Waals surface area contributed by atoms with Crippen molar-refractivity contribution in [2.45, 2.75) is 6.92 Å². The maximum Gasteiger partial charge on any atom is 0.100 e. The van der Waals surface area contributed by atoms with E-state index in [-0.39, 0.29) is 0 Å². The van der Waals surface area contributed by atoms with Crippen LogP contribution >= 0.6 is 0 Å². The molecule has 3 heteroatoms. The second-order valence-corrected chi connectivity index (χ2v) is 1.82. The van der Waals surface area contributed by atoms with Crippen LogP contribution in [-0.4, -0.2) is 39.1 Å². The Kier molecular flexibility index (Phi) is 5.93. The zero-order valence-corrected chi connectivity index (χ0v) is 6.39. The van der Waals surface area contributed by atoms with E-state index in [0.717, 1.165) is 6.54 Å². The second kappa shape index (κ2) is 6.01. The lowest BCUT2D eigenvalue weighted by molar-refractivity contribution is -0.00991. The standard InChI is InChI=1S/C6H15NO2/c1-4-7(5-8-2)6-9-3/h4-6H2,1-3H3. The monoisotopic (exact) mass is 133 g/mol. The smallest absolute Gasteiger partial charge is 0.100 e. The molecular weight excluding hydrogens is 118 g/mol. The fourth-order valence-electron chi connectivity index (χ4n) is 0.585. The Hall–Kier alpha value is -0.120. The Balaban J connectivity index is 3.18. The average Bonchev–Trinajstić information content (AvgIpc) is 1.88. The van der Waals surface area contributed by atoms with E-state index in [2.05, 4.69) is 6.92 Å². The van der Waals surface area contributed by atoms with Crippen molar-refractivity contribution in [2.24, 2.45) is 0 Å². The Labute approximate surface area is 56.6 Å². The van der Waals surface area contributed by atoms with Crippen LogP contribution in [0.15, 0.2) is 0 Å². The van der Waals surface area contributed by atoms with Crippen molar-refractivity contribution < 1.29 is 9.47 Å². The van der Waals surface area contributed by atoms with Crippen LogP contribution in [0, 0.1) is 0 Å². The first kappa shape index (κ1) is 8.88. The van der Waals surface area contributed by atoms with Crippen LogP contribution < -0.4 is 0 Å². The molecule has 0 aromatic heterocycles. The van der Waals surface area contributed by atoms with Gasteiger partial charge in [0.05, 0.1) is 0 Å². The molecule has 9 heavy (non-hydrogen) atoms. The van der Waals surface area contributed by atoms with E-state index in [4.69, 9.17) is 9.47 Å². The fourth-order valence-corrected chi connectivity index (χ4v) is 0.585. The molecule has 0 amide bonds. The maximum atomic E-state index is 4.89. The molecule has 0 bridgehead atoms. The predicted octanol–water partition coefficient (Wildman–Crippen LogP) is 0.516. The summed E-state index contributed by atoms with van der Waals surface area (Å²) in [5.41, 5.74) is 0. The molecule has 0 aliphatic carbocycles. The lowest BCUT2D eigenvalue weighted by atomic mass is 10.7. The minimum absolute atomic E-state index is 0.643. The molecule has 0 heterocycles. The van der Waals surface area contributed by atoms with Crippen molar-refractivity contribution in [3.05, 3.63) is 0 Å². The zero-order chi connectivity index (χ0) is 7.11. The second-order valence-electron chi connectivity index (χ2n) is 1.82. The third-order valence-electron chi connectivity index (χ3n) is 1.07. The first-order chi connectivity index (χ1) is 4.35. The van der Waals surface area contributed by atoms with Crippen molar-refractivity contribution in [1.29, 1.82) is 0 Å². The van der Waals surface area contributed by atoms with Crippen molar-refractivity contribution in [1.82, 2.24) is 4.90 Å². The molecule has 0 aromatic carbocycles. The molecule has 0 radical (unpaired) electrons. The lowest BCUT2D eigenvalue weighted by Gasteiger charge is -2.16. The van der Waals surface area contributed by atoms with Crippen LogP contribution in [-0.2, 0) is 9.47 Å². The Bertz CT molecular complexity index is 53.0. The maximum absolute atomic E-state index is 4.89. The first-order valence-corrected chi connectivity index (χ1v) is 3.05. The summed E-state index contributed by atoms with van der Waals surface area (Å²) in [5, 5.41) is 0. The van der Waals surface area contributed by atoms with Gasteiger partial charge in [0.2, 0.25) is 0 Å². The largest absolute Gasteiger partial charge is 0.369 e. The molecule has 0 atom stereocenters. The lowest BCUT2D eigenvalue weighted by Crippen LogP contribution is -2.27. The summed E-state index contributed by atoms with van der Waals surface area (Å²) in [6, 6.07) is 0. The highest BCUT2D eigenvalue weighted by Gasteiger charge is 1.96. The third kappa shape index (κ3) is 4.39. The van der Waals surface area contributed by atoms with Gasteiger partial charge in [-0.15, -0.1) is 0 Å². The minimum Gasteiger partial charge on any atom is -0.369 e. The summed E-state index contributed by atoms with van der Waals surface area (Å²) in [5.74, 6) is 0. The highest BCUT2D eigenvalue weighted by molar-refractivity contribution is 4.38. The van der Waals surface area contributed by atoms with Gasteiger partial charge in [0.1, 0.15) is 13.5 Å². The van der Waals surface area contributed by atoms with E-state index in [0.29, 0.717) is 13.5 Å². The van der Waals surface area contributed by atoms with Gasteiger partial charge in [0.15, 0.2) is 0 Å². The molecule has 0 unspecified atom stereocenters. The molecule has 0 N–H and O–H groups in total. The molecule has 0 aliphatic rings. The topological polar surface area (TPSA) is 21.7 Å². The quantitative estimate of drug-likeness (QED) is 0.510. The van der Waals surface area contributed by atoms with Gasteiger partial charge in [-0.05, 0) is 6.54 Å². The average molecular weight is 133 g/mol. The molecular formula is C6H15NO2. The summed E-state index contributed by atoms with van der Waals surface area (Å²) in [6.45, 7) is 4.31. The number of rotatable bonds is 5. The van der Waals surface area contributed by atoms with Crippen LogP contribution in [0.3, 0.4) is 0 Å². The van der Waals surface area contributed by atoms with Gasteiger partial charge in [-0.3, -0.25) is 4.90 Å². The highest BCUT2D eigenvalue weighted by atomic mass is 16.5. The number of methoxy groups -OCH3 is 2. The SMILES string of the molecule is CCN(COC)COC. The van der Waals surface area contributed by atoms with Gasteiger partial charge >= 0.3 is 0 Å². The van der Waals surface area contributed by atoms with Crippen LogP contribution in [0.25, 0.3) is 0 Å². The number of nitrogens with zero attached hydrogens (tertiary/aromatic N) is 1. The van der Waals surface area contributed by atoms with Crippen LogP contribution in [0.1, 0.15) is 6.92 Å². The Morgan fingerprint density at radius 3 is 1.78 bits per heavy atom. The molecule has 56 valence electrons. The molecule has 0 aromatic rings. The van der Waals surface area contributed by atoms with E-state index in [1.807, 2.05) is 4.90 Å².